The molecule has 84 valence electrons. The molecule has 0 saturated carbocycles. The highest BCUT2D eigenvalue weighted by Crippen LogP contribution is 2.28. The van der Waals surface area contributed by atoms with Crippen molar-refractivity contribution >= 4 is 43.3 Å². The zero-order valence-electron chi connectivity index (χ0n) is 7.97. The molecule has 0 aliphatic carbocycles. The van der Waals surface area contributed by atoms with Gasteiger partial charge in [-0.25, -0.2) is 18.4 Å². The Labute approximate surface area is 101 Å². The van der Waals surface area contributed by atoms with E-state index in [4.69, 9.17) is 5.73 Å². The Bertz CT molecular complexity index is 450. The smallest absolute Gasteiger partial charge is 0.148 e. The topological polar surface area (TPSA) is 85.9 Å². The van der Waals surface area contributed by atoms with Gasteiger partial charge in [0, 0.05) is 12.0 Å². The van der Waals surface area contributed by atoms with Crippen LogP contribution >= 0.6 is 27.7 Å². The molecule has 0 saturated heterocycles. The third kappa shape index (κ3) is 4.35. The van der Waals surface area contributed by atoms with Crippen molar-refractivity contribution in [3.63, 3.8) is 0 Å². The molecule has 0 spiro atoms. The molecule has 1 heterocycles. The molecule has 1 aromatic rings. The van der Waals surface area contributed by atoms with Gasteiger partial charge in [0.05, 0.1) is 10.2 Å². The summed E-state index contributed by atoms with van der Waals surface area (Å²) in [5.74, 6) is 0.925. The monoisotopic (exact) mass is 311 g/mol. The Hall–Kier alpha value is -0.340. The number of aromatic nitrogens is 2. The van der Waals surface area contributed by atoms with Crippen molar-refractivity contribution in [3.8, 4) is 0 Å². The molecule has 0 fully saturated rings. The second kappa shape index (κ2) is 5.13. The largest absolute Gasteiger partial charge is 0.383 e. The van der Waals surface area contributed by atoms with Crippen LogP contribution in [0, 0.1) is 0 Å². The van der Waals surface area contributed by atoms with E-state index < -0.39 is 9.84 Å². The number of hydrogen-bond donors (Lipinski definition) is 1. The fraction of sp³-hybridized carbons (Fsp3) is 0.429. The molecule has 5 nitrogen and oxygen atoms in total. The van der Waals surface area contributed by atoms with Gasteiger partial charge in [-0.05, 0) is 15.9 Å². The number of sulfone groups is 1. The number of halogens is 1. The van der Waals surface area contributed by atoms with Gasteiger partial charge >= 0.3 is 0 Å². The lowest BCUT2D eigenvalue weighted by atomic mass is 10.6. The fourth-order valence-corrected chi connectivity index (χ4v) is 3.40. The van der Waals surface area contributed by atoms with Crippen molar-refractivity contribution in [2.24, 2.45) is 0 Å². The highest BCUT2D eigenvalue weighted by atomic mass is 79.9. The van der Waals surface area contributed by atoms with Crippen molar-refractivity contribution in [2.45, 2.75) is 5.03 Å². The number of rotatable bonds is 4. The molecular weight excluding hydrogens is 302 g/mol. The number of thioether (sulfide) groups is 1. The molecule has 0 radical (unpaired) electrons. The maximum absolute atomic E-state index is 10.9. The summed E-state index contributed by atoms with van der Waals surface area (Å²) in [6, 6.07) is 0. The van der Waals surface area contributed by atoms with Crippen LogP contribution in [0.25, 0.3) is 0 Å². The van der Waals surface area contributed by atoms with Crippen LogP contribution < -0.4 is 5.73 Å². The summed E-state index contributed by atoms with van der Waals surface area (Å²) in [4.78, 5) is 7.77. The zero-order chi connectivity index (χ0) is 11.5. The fourth-order valence-electron chi connectivity index (χ4n) is 0.757. The van der Waals surface area contributed by atoms with Crippen LogP contribution in [-0.2, 0) is 9.84 Å². The van der Waals surface area contributed by atoms with Crippen LogP contribution in [0.2, 0.25) is 0 Å². The lowest BCUT2D eigenvalue weighted by molar-refractivity contribution is 0.603. The molecule has 1 aromatic heterocycles. The molecule has 0 atom stereocenters. The summed E-state index contributed by atoms with van der Waals surface area (Å²) in [6.45, 7) is 0. The first-order chi connectivity index (χ1) is 6.90. The van der Waals surface area contributed by atoms with Crippen molar-refractivity contribution in [1.29, 1.82) is 0 Å². The van der Waals surface area contributed by atoms with Crippen LogP contribution in [-0.4, -0.2) is 36.1 Å². The molecule has 8 heteroatoms. The summed E-state index contributed by atoms with van der Waals surface area (Å²) in [7, 11) is -2.93. The van der Waals surface area contributed by atoms with E-state index in [0.29, 0.717) is 21.1 Å². The molecule has 2 N–H and O–H groups in total. The summed E-state index contributed by atoms with van der Waals surface area (Å²) < 4.78 is 22.4. The number of hydrogen-bond acceptors (Lipinski definition) is 6. The van der Waals surface area contributed by atoms with Crippen molar-refractivity contribution < 1.29 is 8.42 Å². The first kappa shape index (κ1) is 12.7. The van der Waals surface area contributed by atoms with Crippen LogP contribution in [0.1, 0.15) is 0 Å². The quantitative estimate of drug-likeness (QED) is 0.658. The number of nitrogens with zero attached hydrogens (tertiary/aromatic N) is 2. The maximum atomic E-state index is 10.9. The average Bonchev–Trinajstić information content (AvgIpc) is 2.10. The van der Waals surface area contributed by atoms with E-state index in [1.165, 1.54) is 24.3 Å². The van der Waals surface area contributed by atoms with Gasteiger partial charge < -0.3 is 5.73 Å². The lowest BCUT2D eigenvalue weighted by Gasteiger charge is -2.03. The number of anilines is 1. The van der Waals surface area contributed by atoms with E-state index in [0.717, 1.165) is 0 Å². The van der Waals surface area contributed by atoms with Crippen LogP contribution in [0.5, 0.6) is 0 Å². The minimum atomic E-state index is -2.93. The normalized spacial score (nSPS) is 11.6. The SMILES string of the molecule is CS(=O)(=O)CCSc1ncnc(N)c1Br. The predicted octanol–water partition coefficient (Wildman–Crippen LogP) is 0.958. The molecule has 0 bridgehead atoms. The van der Waals surface area contributed by atoms with E-state index in [2.05, 4.69) is 25.9 Å². The second-order valence-corrected chi connectivity index (χ2v) is 6.99. The van der Waals surface area contributed by atoms with E-state index in [1.54, 1.807) is 0 Å². The molecule has 0 aliphatic rings. The Balaban J connectivity index is 2.62. The highest BCUT2D eigenvalue weighted by Gasteiger charge is 2.08. The number of nitrogens with two attached hydrogens (primary N) is 1. The van der Waals surface area contributed by atoms with Gasteiger partial charge in [0.25, 0.3) is 0 Å². The third-order valence-electron chi connectivity index (χ3n) is 1.48. The Morgan fingerprint density at radius 2 is 2.20 bits per heavy atom. The molecule has 0 amide bonds. The molecule has 1 rings (SSSR count). The summed E-state index contributed by atoms with van der Waals surface area (Å²) in [5, 5.41) is 0.658. The summed E-state index contributed by atoms with van der Waals surface area (Å²) in [6.07, 6.45) is 2.56. The van der Waals surface area contributed by atoms with E-state index in [9.17, 15) is 8.42 Å². The molecule has 15 heavy (non-hydrogen) atoms. The van der Waals surface area contributed by atoms with Crippen molar-refractivity contribution in [2.75, 3.05) is 23.5 Å². The van der Waals surface area contributed by atoms with Gasteiger partial charge in [0.1, 0.15) is 27.0 Å². The molecule has 0 unspecified atom stereocenters. The van der Waals surface area contributed by atoms with Crippen molar-refractivity contribution in [1.82, 2.24) is 9.97 Å². The van der Waals surface area contributed by atoms with Gasteiger partial charge in [-0.1, -0.05) is 0 Å². The van der Waals surface area contributed by atoms with Crippen LogP contribution in [0.3, 0.4) is 0 Å². The molecular formula is C7H10BrN3O2S2. The summed E-state index contributed by atoms with van der Waals surface area (Å²) >= 11 is 4.57. The van der Waals surface area contributed by atoms with Gasteiger partial charge in [-0.2, -0.15) is 0 Å². The maximum Gasteiger partial charge on any atom is 0.148 e. The van der Waals surface area contributed by atoms with E-state index in [1.807, 2.05) is 0 Å². The Morgan fingerprint density at radius 1 is 1.53 bits per heavy atom. The van der Waals surface area contributed by atoms with Crippen LogP contribution in [0.4, 0.5) is 5.82 Å². The van der Waals surface area contributed by atoms with E-state index in [-0.39, 0.29) is 5.75 Å². The van der Waals surface area contributed by atoms with E-state index >= 15 is 0 Å². The van der Waals surface area contributed by atoms with Gasteiger partial charge in [-0.3, -0.25) is 0 Å². The molecule has 0 aromatic carbocycles. The first-order valence-electron chi connectivity index (χ1n) is 3.96. The average molecular weight is 312 g/mol. The minimum Gasteiger partial charge on any atom is -0.383 e. The zero-order valence-corrected chi connectivity index (χ0v) is 11.2. The van der Waals surface area contributed by atoms with Gasteiger partial charge in [0.2, 0.25) is 0 Å². The van der Waals surface area contributed by atoms with Gasteiger partial charge in [-0.15, -0.1) is 11.8 Å². The highest BCUT2D eigenvalue weighted by molar-refractivity contribution is 9.10. The summed E-state index contributed by atoms with van der Waals surface area (Å²) in [5.41, 5.74) is 5.55. The number of nitrogen functional groups attached to an aromatic ring is 1. The molecule has 0 aliphatic heterocycles. The standard InChI is InChI=1S/C7H10BrN3O2S2/c1-15(12,13)3-2-14-7-5(8)6(9)10-4-11-7/h4H,2-3H2,1H3,(H2,9,10,11). The van der Waals surface area contributed by atoms with Gasteiger partial charge in [0.15, 0.2) is 0 Å². The first-order valence-corrected chi connectivity index (χ1v) is 7.80. The Morgan fingerprint density at radius 3 is 2.80 bits per heavy atom. The van der Waals surface area contributed by atoms with Crippen molar-refractivity contribution in [3.05, 3.63) is 10.8 Å². The third-order valence-corrected chi connectivity index (χ3v) is 4.72. The van der Waals surface area contributed by atoms with Crippen LogP contribution in [0.15, 0.2) is 15.8 Å². The Kier molecular flexibility index (Phi) is 4.35. The minimum absolute atomic E-state index is 0.119. The lowest BCUT2D eigenvalue weighted by Crippen LogP contribution is -2.05. The second-order valence-electron chi connectivity index (χ2n) is 2.86. The predicted molar refractivity (Wildman–Crippen MR) is 64.6 cm³/mol.